The number of aliphatic hydroxyl groups is 2. The third-order valence-electron chi connectivity index (χ3n) is 14.3. The van der Waals surface area contributed by atoms with E-state index in [4.69, 9.17) is 28.3 Å². The van der Waals surface area contributed by atoms with Crippen LogP contribution in [0.2, 0.25) is 0 Å². The van der Waals surface area contributed by atoms with Gasteiger partial charge in [0.1, 0.15) is 40.3 Å². The van der Waals surface area contributed by atoms with Crippen LogP contribution in [-0.2, 0) is 23.8 Å². The summed E-state index contributed by atoms with van der Waals surface area (Å²) >= 11 is 0. The Labute approximate surface area is 395 Å². The molecule has 10 atom stereocenters. The van der Waals surface area contributed by atoms with E-state index in [1.165, 1.54) is 53.2 Å². The van der Waals surface area contributed by atoms with Crippen LogP contribution in [0.15, 0.2) is 57.5 Å². The number of rotatable bonds is 5. The number of hydrogen-bond acceptors (Lipinski definition) is 16. The molecule has 8 rings (SSSR count). The molecule has 68 heavy (non-hydrogen) atoms. The normalized spacial score (nSPS) is 29.9. The highest BCUT2D eigenvalue weighted by molar-refractivity contribution is 6.22. The number of fused-ring (bicyclic) bond motifs is 14. The highest BCUT2D eigenvalue weighted by Gasteiger charge is 2.50. The molecule has 1 saturated heterocycles. The van der Waals surface area contributed by atoms with Crippen LogP contribution in [0.25, 0.3) is 33.3 Å². The number of allylic oxidation sites excluding steroid dienone is 2. The Bertz CT molecular complexity index is 2740. The smallest absolute Gasteiger partial charge is 0.312 e. The number of benzene rings is 3. The largest absolute Gasteiger partial charge is 0.507 e. The predicted molar refractivity (Wildman–Crippen MR) is 256 cm³/mol. The zero-order valence-corrected chi connectivity index (χ0v) is 40.6. The summed E-state index contributed by atoms with van der Waals surface area (Å²) in [4.78, 5) is 65.6. The number of carbonyl (C=O) groups is 3. The van der Waals surface area contributed by atoms with E-state index in [-0.39, 0.29) is 67.2 Å². The number of hydrogen-bond donors (Lipinski definition) is 5. The first-order chi connectivity index (χ1) is 32.1. The number of ketones is 1. The number of ether oxygens (including phenoxy) is 4. The maximum atomic E-state index is 14.9. The van der Waals surface area contributed by atoms with Gasteiger partial charge in [0, 0.05) is 111 Å². The maximum Gasteiger partial charge on any atom is 0.312 e. The summed E-state index contributed by atoms with van der Waals surface area (Å²) in [5.41, 5.74) is -0.644. The number of phenols is 2. The number of Topliss-reactive ketones (excluding diaryl/α,β-unsaturated/α-hetero) is 1. The van der Waals surface area contributed by atoms with E-state index in [1.54, 1.807) is 52.0 Å². The third-order valence-corrected chi connectivity index (χ3v) is 14.3. The van der Waals surface area contributed by atoms with Crippen LogP contribution in [0.5, 0.6) is 17.2 Å². The van der Waals surface area contributed by atoms with E-state index < -0.39 is 82.7 Å². The van der Waals surface area contributed by atoms with Crippen molar-refractivity contribution in [2.24, 2.45) is 23.7 Å². The lowest BCUT2D eigenvalue weighted by Gasteiger charge is -2.39. The monoisotopic (exact) mass is 940 g/mol. The van der Waals surface area contributed by atoms with Crippen LogP contribution < -0.4 is 20.4 Å². The summed E-state index contributed by atoms with van der Waals surface area (Å²) in [6.07, 6.45) is 4.50. The molecule has 1 aliphatic carbocycles. The molecule has 2 aromatic rings. The number of aromatic hydroxyl groups is 2. The van der Waals surface area contributed by atoms with Crippen LogP contribution in [-0.4, -0.2) is 118 Å². The van der Waals surface area contributed by atoms with Crippen molar-refractivity contribution in [3.05, 3.63) is 69.6 Å². The Kier molecular flexibility index (Phi) is 14.3. The number of amides is 1. The van der Waals surface area contributed by atoms with Crippen molar-refractivity contribution in [3.8, 4) is 28.7 Å². The average molecular weight is 941 g/mol. The fourth-order valence-corrected chi connectivity index (χ4v) is 9.74. The van der Waals surface area contributed by atoms with Crippen molar-refractivity contribution < 1.29 is 58.2 Å². The molecule has 5 bridgehead atoms. The first-order valence-corrected chi connectivity index (χ1v) is 23.3. The first-order valence-electron chi connectivity index (χ1n) is 23.3. The number of piperazine rings is 1. The van der Waals surface area contributed by atoms with Crippen molar-refractivity contribution in [2.45, 2.75) is 112 Å². The zero-order valence-electron chi connectivity index (χ0n) is 40.6. The van der Waals surface area contributed by atoms with Gasteiger partial charge in [0.15, 0.2) is 11.3 Å². The van der Waals surface area contributed by atoms with Gasteiger partial charge in [-0.3, -0.25) is 24.1 Å². The van der Waals surface area contributed by atoms with Gasteiger partial charge in [0.2, 0.25) is 5.43 Å². The molecule has 1 unspecified atom stereocenters. The lowest BCUT2D eigenvalue weighted by atomic mass is 9.78. The number of methoxy groups -OCH3 is 1. The predicted octanol–water partition coefficient (Wildman–Crippen LogP) is 6.58. The highest BCUT2D eigenvalue weighted by atomic mass is 16.7. The van der Waals surface area contributed by atoms with Crippen LogP contribution >= 0.6 is 0 Å². The summed E-state index contributed by atoms with van der Waals surface area (Å²) < 4.78 is 30.5. The molecule has 366 valence electrons. The second-order valence-corrected chi connectivity index (χ2v) is 18.8. The van der Waals surface area contributed by atoms with Crippen LogP contribution in [0.3, 0.4) is 0 Å². The fourth-order valence-electron chi connectivity index (χ4n) is 9.74. The summed E-state index contributed by atoms with van der Waals surface area (Å²) in [6, 6.07) is 3.70. The van der Waals surface area contributed by atoms with Gasteiger partial charge in [0.25, 0.3) is 11.7 Å². The van der Waals surface area contributed by atoms with Crippen molar-refractivity contribution in [1.82, 2.24) is 9.88 Å². The van der Waals surface area contributed by atoms with Crippen molar-refractivity contribution in [3.63, 3.8) is 0 Å². The zero-order chi connectivity index (χ0) is 49.7. The lowest BCUT2D eigenvalue weighted by Crippen LogP contribution is -2.49. The minimum atomic E-state index is -2.08. The maximum absolute atomic E-state index is 14.9. The van der Waals surface area contributed by atoms with Crippen LogP contribution in [0, 0.1) is 30.6 Å². The Morgan fingerprint density at radius 2 is 1.68 bits per heavy atom. The Balaban J connectivity index is 1.43. The summed E-state index contributed by atoms with van der Waals surface area (Å²) in [5.74, 6) is -7.82. The molecule has 17 heteroatoms. The second kappa shape index (κ2) is 19.5. The first kappa shape index (κ1) is 49.9. The molecule has 1 fully saturated rings. The lowest BCUT2D eigenvalue weighted by molar-refractivity contribution is -0.160. The molecule has 5 N–H and O–H groups in total. The molecule has 0 saturated carbocycles. The van der Waals surface area contributed by atoms with Crippen LogP contribution in [0.4, 0.5) is 11.4 Å². The molecule has 0 aromatic heterocycles. The van der Waals surface area contributed by atoms with E-state index >= 15 is 0 Å². The van der Waals surface area contributed by atoms with Gasteiger partial charge in [-0.05, 0) is 33.3 Å². The van der Waals surface area contributed by atoms with Crippen molar-refractivity contribution >= 4 is 50.9 Å². The molecule has 5 aliphatic heterocycles. The van der Waals surface area contributed by atoms with Crippen molar-refractivity contribution in [1.29, 1.82) is 0 Å². The van der Waals surface area contributed by atoms with Gasteiger partial charge < -0.3 is 54.0 Å². The Morgan fingerprint density at radius 1 is 0.985 bits per heavy atom. The number of nitrogens with one attached hydrogen (secondary N) is 1. The topological polar surface area (TPSA) is 231 Å². The van der Waals surface area contributed by atoms with E-state index in [0.717, 1.165) is 19.5 Å². The van der Waals surface area contributed by atoms with Gasteiger partial charge in [-0.2, -0.15) is 0 Å². The van der Waals surface area contributed by atoms with E-state index in [1.807, 2.05) is 0 Å². The number of anilines is 2. The third kappa shape index (κ3) is 9.04. The highest BCUT2D eigenvalue weighted by Crippen LogP contribution is 2.51. The van der Waals surface area contributed by atoms with Gasteiger partial charge in [-0.25, -0.2) is 4.98 Å². The fraction of sp³-hybridized carbons (Fsp3) is 0.510. The molecular formula is C51H64N4O13. The number of phenolic OH excluding ortho intramolecular Hbond substituents is 2. The Morgan fingerprint density at radius 3 is 2.32 bits per heavy atom. The number of nitrogens with zero attached hydrogens (tertiary/aromatic N) is 3. The quantitative estimate of drug-likeness (QED) is 0.0809. The molecule has 1 amide bonds. The van der Waals surface area contributed by atoms with E-state index in [9.17, 15) is 39.6 Å². The average Bonchev–Trinajstić information content (AvgIpc) is 3.58. The SMILES string of the molecule is CCC(C)N1CCN(c2cc(O)c3nc4c5c6c7c(C)c(O)c5c(=O)c(c-4oc3c2)NC(=O)/C(C)=C\C=C\[C@H](C)[C@H](O)[C@@H](C)[C@@H](O)[C@@H](C)[C@H](OC(C)=O)[C@H](C)[C@@H](OC)/C=C/O[C@@](C)(O7)C6=O)CC1. The van der Waals surface area contributed by atoms with E-state index in [0.29, 0.717) is 24.8 Å². The molecule has 0 radical (unpaired) electrons. The number of carbonyl (C=O) groups excluding carboxylic acids is 3. The standard InChI is InChI=1S/C51H64N4O13/c1-12-26(4)54-17-19-55(20-18-54)32-22-33(57)39-35(23-32)67-48-40(52-39)36-37-44(60)30(8)47-38(36)49(62)51(10,68-47)65-21-16-34(64-11)27(5)46(66-31(9)56)29(7)43(59)28(6)42(58)24(2)14-13-15-25(3)50(63)53-41(48)45(37)61/h13-16,21-24,26-29,34,42-43,46,57-60H,12,17-20H2,1-11H3,(H,53,63)/b14-13+,21-16+,25-15-/t24-,26?,27+,28+,29+,34-,42-,43+,46+,51-/m0/s1. The number of aliphatic hydroxyl groups excluding tert-OH is 2. The molecule has 5 heterocycles. The van der Waals surface area contributed by atoms with E-state index in [2.05, 4.69) is 29.0 Å². The van der Waals surface area contributed by atoms with Gasteiger partial charge >= 0.3 is 11.8 Å². The van der Waals surface area contributed by atoms with Gasteiger partial charge in [-0.15, -0.1) is 0 Å². The molecule has 0 spiro atoms. The van der Waals surface area contributed by atoms with Gasteiger partial charge in [-0.1, -0.05) is 52.8 Å². The van der Waals surface area contributed by atoms with Crippen molar-refractivity contribution in [2.75, 3.05) is 43.5 Å². The summed E-state index contributed by atoms with van der Waals surface area (Å²) in [7, 11) is 1.44. The molecular weight excluding hydrogens is 877 g/mol. The summed E-state index contributed by atoms with van der Waals surface area (Å²) in [6.45, 7) is 19.8. The van der Waals surface area contributed by atoms with Gasteiger partial charge in [0.05, 0.1) is 35.5 Å². The minimum absolute atomic E-state index is 0.00698. The number of aromatic nitrogens is 1. The van der Waals surface area contributed by atoms with Crippen LogP contribution in [0.1, 0.15) is 84.7 Å². The Hall–Kier alpha value is -6.01. The molecule has 17 nitrogen and oxygen atoms in total. The summed E-state index contributed by atoms with van der Waals surface area (Å²) in [5, 5.41) is 48.7. The molecule has 6 aliphatic rings. The second-order valence-electron chi connectivity index (χ2n) is 18.8. The minimum Gasteiger partial charge on any atom is -0.507 e. The number of esters is 1. The molecule has 2 aromatic carbocycles.